The standard InChI is InChI=1S/C14H30N2/c1-4-5-7-10-15-12-14(3)16-11-8-6-9-13(16)2/h13-15H,4-12H2,1-3H3. The SMILES string of the molecule is CCCCCNCC(C)N1CCCCC1C. The highest BCUT2D eigenvalue weighted by molar-refractivity contribution is 4.79. The fraction of sp³-hybridized carbons (Fsp3) is 1.00. The van der Waals surface area contributed by atoms with E-state index in [1.54, 1.807) is 0 Å². The van der Waals surface area contributed by atoms with Crippen LogP contribution in [0.5, 0.6) is 0 Å². The maximum Gasteiger partial charge on any atom is 0.0195 e. The van der Waals surface area contributed by atoms with E-state index in [9.17, 15) is 0 Å². The highest BCUT2D eigenvalue weighted by atomic mass is 15.2. The quantitative estimate of drug-likeness (QED) is 0.671. The molecule has 1 fully saturated rings. The van der Waals surface area contributed by atoms with Gasteiger partial charge >= 0.3 is 0 Å². The van der Waals surface area contributed by atoms with Gasteiger partial charge in [-0.3, -0.25) is 4.90 Å². The summed E-state index contributed by atoms with van der Waals surface area (Å²) in [6, 6.07) is 1.50. The van der Waals surface area contributed by atoms with Crippen LogP contribution in [0.3, 0.4) is 0 Å². The molecule has 0 bridgehead atoms. The monoisotopic (exact) mass is 226 g/mol. The van der Waals surface area contributed by atoms with Crippen LogP contribution >= 0.6 is 0 Å². The first-order chi connectivity index (χ1) is 7.75. The molecule has 0 aliphatic carbocycles. The number of piperidine rings is 1. The van der Waals surface area contributed by atoms with Gasteiger partial charge in [0.05, 0.1) is 0 Å². The Morgan fingerprint density at radius 2 is 2.12 bits per heavy atom. The molecule has 16 heavy (non-hydrogen) atoms. The molecular weight excluding hydrogens is 196 g/mol. The molecule has 0 aromatic heterocycles. The number of rotatable bonds is 7. The second-order valence-electron chi connectivity index (χ2n) is 5.34. The summed E-state index contributed by atoms with van der Waals surface area (Å²) in [4.78, 5) is 2.68. The maximum absolute atomic E-state index is 3.60. The second-order valence-corrected chi connectivity index (χ2v) is 5.34. The Bertz CT molecular complexity index is 170. The first kappa shape index (κ1) is 14.0. The average Bonchev–Trinajstić information content (AvgIpc) is 2.29. The zero-order valence-electron chi connectivity index (χ0n) is 11.5. The van der Waals surface area contributed by atoms with Crippen LogP contribution in [0.1, 0.15) is 59.3 Å². The predicted octanol–water partition coefficient (Wildman–Crippen LogP) is 3.03. The highest BCUT2D eigenvalue weighted by Gasteiger charge is 2.22. The van der Waals surface area contributed by atoms with Crippen molar-refractivity contribution in [1.29, 1.82) is 0 Å². The lowest BCUT2D eigenvalue weighted by Crippen LogP contribution is -2.47. The van der Waals surface area contributed by atoms with Gasteiger partial charge in [-0.15, -0.1) is 0 Å². The van der Waals surface area contributed by atoms with Crippen molar-refractivity contribution >= 4 is 0 Å². The summed E-state index contributed by atoms with van der Waals surface area (Å²) in [5, 5.41) is 3.60. The number of nitrogens with one attached hydrogen (secondary N) is 1. The number of hydrogen-bond donors (Lipinski definition) is 1. The van der Waals surface area contributed by atoms with E-state index >= 15 is 0 Å². The Hall–Kier alpha value is -0.0800. The largest absolute Gasteiger partial charge is 0.315 e. The van der Waals surface area contributed by atoms with Gasteiger partial charge in [-0.25, -0.2) is 0 Å². The van der Waals surface area contributed by atoms with Crippen molar-refractivity contribution < 1.29 is 0 Å². The molecule has 0 radical (unpaired) electrons. The van der Waals surface area contributed by atoms with Gasteiger partial charge in [-0.05, 0) is 46.2 Å². The van der Waals surface area contributed by atoms with Crippen LogP contribution in [-0.2, 0) is 0 Å². The zero-order valence-corrected chi connectivity index (χ0v) is 11.5. The molecule has 2 atom stereocenters. The van der Waals surface area contributed by atoms with Gasteiger partial charge in [0.1, 0.15) is 0 Å². The molecule has 2 nitrogen and oxygen atoms in total. The van der Waals surface area contributed by atoms with E-state index in [1.807, 2.05) is 0 Å². The van der Waals surface area contributed by atoms with Crippen molar-refractivity contribution in [3.05, 3.63) is 0 Å². The Morgan fingerprint density at radius 1 is 1.31 bits per heavy atom. The Balaban J connectivity index is 2.10. The van der Waals surface area contributed by atoms with Crippen LogP contribution in [0, 0.1) is 0 Å². The minimum absolute atomic E-state index is 0.705. The second kappa shape index (κ2) is 8.08. The molecule has 1 aliphatic heterocycles. The molecule has 0 amide bonds. The molecule has 2 heteroatoms. The molecule has 96 valence electrons. The van der Waals surface area contributed by atoms with Gasteiger partial charge in [-0.1, -0.05) is 26.2 Å². The van der Waals surface area contributed by atoms with Gasteiger partial charge in [0, 0.05) is 18.6 Å². The molecule has 0 aromatic carbocycles. The summed E-state index contributed by atoms with van der Waals surface area (Å²) in [5.41, 5.74) is 0. The molecule has 0 saturated carbocycles. The topological polar surface area (TPSA) is 15.3 Å². The molecule has 1 rings (SSSR count). The first-order valence-corrected chi connectivity index (χ1v) is 7.22. The van der Waals surface area contributed by atoms with Crippen LogP contribution < -0.4 is 5.32 Å². The summed E-state index contributed by atoms with van der Waals surface area (Å²) in [7, 11) is 0. The molecule has 0 spiro atoms. The highest BCUT2D eigenvalue weighted by Crippen LogP contribution is 2.18. The van der Waals surface area contributed by atoms with Crippen LogP contribution in [0.4, 0.5) is 0 Å². The summed E-state index contributed by atoms with van der Waals surface area (Å²) in [6.07, 6.45) is 8.22. The summed E-state index contributed by atoms with van der Waals surface area (Å²) in [5.74, 6) is 0. The normalized spacial score (nSPS) is 24.6. The average molecular weight is 226 g/mol. The first-order valence-electron chi connectivity index (χ1n) is 7.22. The number of hydrogen-bond acceptors (Lipinski definition) is 2. The van der Waals surface area contributed by atoms with Crippen LogP contribution in [0.25, 0.3) is 0 Å². The van der Waals surface area contributed by atoms with Crippen molar-refractivity contribution in [2.45, 2.75) is 71.4 Å². The van der Waals surface area contributed by atoms with Crippen molar-refractivity contribution in [3.63, 3.8) is 0 Å². The van der Waals surface area contributed by atoms with Crippen LogP contribution in [-0.4, -0.2) is 36.6 Å². The maximum atomic E-state index is 3.60. The van der Waals surface area contributed by atoms with Crippen molar-refractivity contribution in [2.75, 3.05) is 19.6 Å². The number of nitrogens with zero attached hydrogens (tertiary/aromatic N) is 1. The van der Waals surface area contributed by atoms with E-state index in [0.717, 1.165) is 12.6 Å². The van der Waals surface area contributed by atoms with Gasteiger partial charge in [0.25, 0.3) is 0 Å². The molecule has 1 saturated heterocycles. The molecular formula is C14H30N2. The fourth-order valence-electron chi connectivity index (χ4n) is 2.70. The minimum Gasteiger partial charge on any atom is -0.315 e. The number of likely N-dealkylation sites (tertiary alicyclic amines) is 1. The Morgan fingerprint density at radius 3 is 2.81 bits per heavy atom. The van der Waals surface area contributed by atoms with Gasteiger partial charge in [0.15, 0.2) is 0 Å². The van der Waals surface area contributed by atoms with Crippen molar-refractivity contribution in [1.82, 2.24) is 10.2 Å². The summed E-state index contributed by atoms with van der Waals surface area (Å²) >= 11 is 0. The van der Waals surface area contributed by atoms with Gasteiger partial charge in [-0.2, -0.15) is 0 Å². The number of unbranched alkanes of at least 4 members (excludes halogenated alkanes) is 2. The molecule has 0 aromatic rings. The van der Waals surface area contributed by atoms with Crippen molar-refractivity contribution in [3.8, 4) is 0 Å². The van der Waals surface area contributed by atoms with Gasteiger partial charge < -0.3 is 5.32 Å². The fourth-order valence-corrected chi connectivity index (χ4v) is 2.70. The van der Waals surface area contributed by atoms with Gasteiger partial charge in [0.2, 0.25) is 0 Å². The third-order valence-corrected chi connectivity index (χ3v) is 3.82. The lowest BCUT2D eigenvalue weighted by molar-refractivity contribution is 0.113. The Kier molecular flexibility index (Phi) is 7.06. The van der Waals surface area contributed by atoms with Crippen LogP contribution in [0.2, 0.25) is 0 Å². The molecule has 1 heterocycles. The third-order valence-electron chi connectivity index (χ3n) is 3.82. The summed E-state index contributed by atoms with van der Waals surface area (Å²) in [6.45, 7) is 10.7. The van der Waals surface area contributed by atoms with E-state index < -0.39 is 0 Å². The van der Waals surface area contributed by atoms with E-state index in [-0.39, 0.29) is 0 Å². The Labute approximate surface area is 102 Å². The smallest absolute Gasteiger partial charge is 0.0195 e. The lowest BCUT2D eigenvalue weighted by Gasteiger charge is -2.38. The minimum atomic E-state index is 0.705. The molecule has 2 unspecified atom stereocenters. The zero-order chi connectivity index (χ0) is 11.8. The summed E-state index contributed by atoms with van der Waals surface area (Å²) < 4.78 is 0. The molecule has 1 aliphatic rings. The predicted molar refractivity (Wildman–Crippen MR) is 71.9 cm³/mol. The van der Waals surface area contributed by atoms with E-state index in [4.69, 9.17) is 0 Å². The third kappa shape index (κ3) is 4.84. The molecule has 1 N–H and O–H groups in total. The van der Waals surface area contributed by atoms with E-state index in [2.05, 4.69) is 31.0 Å². The lowest BCUT2D eigenvalue weighted by atomic mass is 10.0. The van der Waals surface area contributed by atoms with E-state index in [1.165, 1.54) is 51.6 Å². The van der Waals surface area contributed by atoms with Crippen molar-refractivity contribution in [2.24, 2.45) is 0 Å². The van der Waals surface area contributed by atoms with E-state index in [0.29, 0.717) is 6.04 Å². The van der Waals surface area contributed by atoms with Crippen LogP contribution in [0.15, 0.2) is 0 Å².